The highest BCUT2D eigenvalue weighted by molar-refractivity contribution is 5.99. The van der Waals surface area contributed by atoms with Gasteiger partial charge in [0, 0.05) is 37.6 Å². The van der Waals surface area contributed by atoms with Crippen molar-refractivity contribution in [1.82, 2.24) is 20.6 Å². The Morgan fingerprint density at radius 1 is 0.721 bits per heavy atom. The Bertz CT molecular complexity index is 1630. The summed E-state index contributed by atoms with van der Waals surface area (Å²) < 4.78 is 0. The number of unbranched alkanes of at least 4 members (excludes halogenated alkanes) is 2. The average molecular weight is 595 g/mol. The summed E-state index contributed by atoms with van der Waals surface area (Å²) in [6.45, 7) is 4.96. The van der Waals surface area contributed by atoms with E-state index in [0.29, 0.717) is 13.1 Å². The minimum atomic E-state index is -0.570. The van der Waals surface area contributed by atoms with Crippen molar-refractivity contribution in [3.05, 3.63) is 101 Å². The average Bonchev–Trinajstić information content (AvgIpc) is 2.97. The van der Waals surface area contributed by atoms with Gasteiger partial charge >= 0.3 is 0 Å². The third-order valence-corrected chi connectivity index (χ3v) is 6.30. The maximum atomic E-state index is 12.3. The van der Waals surface area contributed by atoms with Crippen molar-refractivity contribution in [3.63, 3.8) is 0 Å². The molecule has 14 nitrogen and oxygen atoms in total. The molecule has 228 valence electrons. The van der Waals surface area contributed by atoms with E-state index in [4.69, 9.17) is 0 Å². The van der Waals surface area contributed by atoms with Crippen LogP contribution in [-0.2, 0) is 0 Å². The Kier molecular flexibility index (Phi) is 12.2. The van der Waals surface area contributed by atoms with Crippen LogP contribution in [0.2, 0.25) is 0 Å². The van der Waals surface area contributed by atoms with Gasteiger partial charge in [0.25, 0.3) is 23.2 Å². The first-order valence-corrected chi connectivity index (χ1v) is 13.3. The molecule has 4 aromatic rings. The van der Waals surface area contributed by atoms with E-state index in [-0.39, 0.29) is 51.7 Å². The molecule has 0 atom stereocenters. The maximum Gasteiger partial charge on any atom is 0.293 e. The topological polar surface area (TPSA) is 210 Å². The van der Waals surface area contributed by atoms with Crippen LogP contribution >= 0.6 is 0 Å². The number of hydrogen-bond donors (Lipinski definition) is 4. The van der Waals surface area contributed by atoms with Crippen LogP contribution in [0.4, 0.5) is 11.4 Å². The third kappa shape index (κ3) is 7.87. The molecule has 0 fully saturated rings. The lowest BCUT2D eigenvalue weighted by Gasteiger charge is -2.05. The Labute approximate surface area is 245 Å². The van der Waals surface area contributed by atoms with E-state index in [9.17, 15) is 39.4 Å². The van der Waals surface area contributed by atoms with Gasteiger partial charge in [-0.1, -0.05) is 46.2 Å². The summed E-state index contributed by atoms with van der Waals surface area (Å²) in [6.07, 6.45) is 5.95. The van der Waals surface area contributed by atoms with Crippen molar-refractivity contribution in [2.24, 2.45) is 0 Å². The number of carbonyl (C=O) groups is 2. The molecule has 0 bridgehead atoms. The maximum absolute atomic E-state index is 12.3. The number of rotatable bonds is 10. The van der Waals surface area contributed by atoms with Crippen LogP contribution in [0.5, 0.6) is 0 Å². The molecule has 0 aliphatic rings. The fourth-order valence-electron chi connectivity index (χ4n) is 4.06. The molecule has 0 saturated carbocycles. The van der Waals surface area contributed by atoms with Crippen LogP contribution in [0.3, 0.4) is 0 Å². The fourth-order valence-corrected chi connectivity index (χ4v) is 4.06. The number of nitrogens with one attached hydrogen (secondary N) is 4. The Morgan fingerprint density at radius 3 is 1.42 bits per heavy atom. The van der Waals surface area contributed by atoms with Crippen molar-refractivity contribution in [1.29, 1.82) is 0 Å². The summed E-state index contributed by atoms with van der Waals surface area (Å²) in [6, 6.07) is 8.38. The molecular formula is C29H34N6O8. The second kappa shape index (κ2) is 15.6. The first-order chi connectivity index (χ1) is 20.1. The number of H-pyrrole nitrogens is 2. The standard InChI is InChI=1S/2C14H15N3O4.CH4/c2*1-2-3-7-15-14(19)10-8-16-12-9(13(10)18)5-4-6-11(12)17(20)21;/h2*4-6,8H,2-3,7H2,1H3,(H,15,19)(H,16,18);1H4. The summed E-state index contributed by atoms with van der Waals surface area (Å²) in [5.74, 6) is -0.948. The molecular weight excluding hydrogens is 560 g/mol. The molecule has 2 heterocycles. The fraction of sp³-hybridized carbons (Fsp3) is 0.310. The number of nitrogens with zero attached hydrogens (tertiary/aromatic N) is 2. The van der Waals surface area contributed by atoms with Crippen molar-refractivity contribution in [3.8, 4) is 0 Å². The summed E-state index contributed by atoms with van der Waals surface area (Å²) in [5, 5.41) is 27.4. The van der Waals surface area contributed by atoms with E-state index >= 15 is 0 Å². The number of hydrogen-bond acceptors (Lipinski definition) is 8. The number of para-hydroxylation sites is 2. The van der Waals surface area contributed by atoms with Crippen LogP contribution in [0, 0.1) is 20.2 Å². The Balaban J connectivity index is 0.000000293. The van der Waals surface area contributed by atoms with E-state index in [0.717, 1.165) is 25.7 Å². The van der Waals surface area contributed by atoms with Crippen molar-refractivity contribution in [2.45, 2.75) is 47.0 Å². The summed E-state index contributed by atoms with van der Waals surface area (Å²) in [4.78, 5) is 74.5. The van der Waals surface area contributed by atoms with Crippen molar-refractivity contribution in [2.75, 3.05) is 13.1 Å². The SMILES string of the molecule is C.CCCCNC(=O)c1c[nH]c2c([N+](=O)[O-])cccc2c1=O.CCCCNC(=O)c1c[nH]c2c([N+](=O)[O-])cccc2c1=O. The Morgan fingerprint density at radius 2 is 1.09 bits per heavy atom. The number of benzene rings is 2. The minimum Gasteiger partial charge on any atom is -0.355 e. The highest BCUT2D eigenvalue weighted by Crippen LogP contribution is 2.22. The molecule has 14 heteroatoms. The van der Waals surface area contributed by atoms with Crippen LogP contribution in [0.1, 0.15) is 67.7 Å². The highest BCUT2D eigenvalue weighted by Gasteiger charge is 2.19. The highest BCUT2D eigenvalue weighted by atomic mass is 16.6. The molecule has 4 rings (SSSR count). The van der Waals surface area contributed by atoms with E-state index in [1.807, 2.05) is 13.8 Å². The molecule has 0 unspecified atom stereocenters. The number of nitro groups is 2. The van der Waals surface area contributed by atoms with Gasteiger partial charge in [0.05, 0.1) is 20.6 Å². The number of non-ortho nitro benzene ring substituents is 2. The number of carbonyl (C=O) groups excluding carboxylic acids is 2. The number of amides is 2. The minimum absolute atomic E-state index is 0. The quantitative estimate of drug-likeness (QED) is 0.116. The van der Waals surface area contributed by atoms with E-state index < -0.39 is 32.5 Å². The van der Waals surface area contributed by atoms with Gasteiger partial charge in [-0.2, -0.15) is 0 Å². The lowest BCUT2D eigenvalue weighted by molar-refractivity contribution is -0.383. The van der Waals surface area contributed by atoms with Gasteiger partial charge in [-0.05, 0) is 25.0 Å². The van der Waals surface area contributed by atoms with E-state index in [1.165, 1.54) is 48.8 Å². The molecule has 2 aromatic heterocycles. The summed E-state index contributed by atoms with van der Waals surface area (Å²) in [5.41, 5.74) is -1.25. The molecule has 0 aliphatic heterocycles. The second-order valence-electron chi connectivity index (χ2n) is 9.20. The summed E-state index contributed by atoms with van der Waals surface area (Å²) in [7, 11) is 0. The van der Waals surface area contributed by atoms with Crippen LogP contribution in [0.25, 0.3) is 21.8 Å². The van der Waals surface area contributed by atoms with Gasteiger partial charge in [0.2, 0.25) is 10.9 Å². The first-order valence-electron chi connectivity index (χ1n) is 13.3. The monoisotopic (exact) mass is 594 g/mol. The van der Waals surface area contributed by atoms with Gasteiger partial charge in [0.15, 0.2) is 0 Å². The molecule has 43 heavy (non-hydrogen) atoms. The number of pyridine rings is 2. The lowest BCUT2D eigenvalue weighted by Crippen LogP contribution is -2.29. The first kappa shape index (κ1) is 33.8. The zero-order valence-electron chi connectivity index (χ0n) is 23.0. The lowest BCUT2D eigenvalue weighted by atomic mass is 10.1. The van der Waals surface area contributed by atoms with Gasteiger partial charge in [-0.3, -0.25) is 39.4 Å². The molecule has 0 radical (unpaired) electrons. The zero-order valence-corrected chi connectivity index (χ0v) is 23.0. The van der Waals surface area contributed by atoms with Crippen LogP contribution < -0.4 is 21.5 Å². The summed E-state index contributed by atoms with van der Waals surface area (Å²) >= 11 is 0. The molecule has 2 aromatic carbocycles. The second-order valence-corrected chi connectivity index (χ2v) is 9.20. The molecule has 0 spiro atoms. The molecule has 0 saturated heterocycles. The predicted octanol–water partition coefficient (Wildman–Crippen LogP) is 4.57. The van der Waals surface area contributed by atoms with Crippen molar-refractivity contribution < 1.29 is 19.4 Å². The number of aromatic nitrogens is 2. The van der Waals surface area contributed by atoms with E-state index in [2.05, 4.69) is 20.6 Å². The van der Waals surface area contributed by atoms with Gasteiger partial charge in [-0.25, -0.2) is 0 Å². The van der Waals surface area contributed by atoms with Gasteiger partial charge in [0.1, 0.15) is 22.2 Å². The molecule has 2 amide bonds. The molecule has 4 N–H and O–H groups in total. The predicted molar refractivity (Wildman–Crippen MR) is 164 cm³/mol. The number of aromatic amines is 2. The van der Waals surface area contributed by atoms with Crippen LogP contribution in [-0.4, -0.2) is 44.7 Å². The number of nitro benzene ring substituents is 2. The molecule has 0 aliphatic carbocycles. The van der Waals surface area contributed by atoms with Gasteiger partial charge in [-0.15, -0.1) is 0 Å². The number of fused-ring (bicyclic) bond motifs is 2. The van der Waals surface area contributed by atoms with Crippen molar-refractivity contribution >= 4 is 45.0 Å². The van der Waals surface area contributed by atoms with E-state index in [1.54, 1.807) is 0 Å². The zero-order chi connectivity index (χ0) is 30.8. The van der Waals surface area contributed by atoms with Gasteiger partial charge < -0.3 is 20.6 Å². The largest absolute Gasteiger partial charge is 0.355 e. The Hall–Kier alpha value is -5.40. The smallest absolute Gasteiger partial charge is 0.293 e. The van der Waals surface area contributed by atoms with Crippen LogP contribution in [0.15, 0.2) is 58.4 Å². The normalized spacial score (nSPS) is 10.3. The third-order valence-electron chi connectivity index (χ3n) is 6.30.